The van der Waals surface area contributed by atoms with Crippen LogP contribution in [-0.4, -0.2) is 5.75 Å². The second-order valence-electron chi connectivity index (χ2n) is 4.05. The number of thioether (sulfide) groups is 1. The molecule has 0 saturated heterocycles. The van der Waals surface area contributed by atoms with Crippen LogP contribution in [0.15, 0.2) is 11.5 Å². The summed E-state index contributed by atoms with van der Waals surface area (Å²) in [5.74, 6) is 2.91. The van der Waals surface area contributed by atoms with Gasteiger partial charge in [-0.3, -0.25) is 0 Å². The van der Waals surface area contributed by atoms with Crippen molar-refractivity contribution < 1.29 is 0 Å². The van der Waals surface area contributed by atoms with E-state index < -0.39 is 0 Å². The molecule has 0 fully saturated rings. The molecule has 0 aromatic carbocycles. The zero-order valence-corrected chi connectivity index (χ0v) is 9.66. The lowest BCUT2D eigenvalue weighted by molar-refractivity contribution is 0.632. The Labute approximate surface area is 81.8 Å². The Morgan fingerprint density at radius 1 is 1.08 bits per heavy atom. The van der Waals surface area contributed by atoms with Crippen molar-refractivity contribution in [3.05, 3.63) is 11.5 Å². The monoisotopic (exact) mass is 186 g/mol. The number of hydrogen-bond donors (Lipinski definition) is 0. The van der Waals surface area contributed by atoms with Gasteiger partial charge < -0.3 is 0 Å². The van der Waals surface area contributed by atoms with Crippen molar-refractivity contribution in [3.8, 4) is 0 Å². The largest absolute Gasteiger partial charge is 0.134 e. The van der Waals surface area contributed by atoms with Crippen molar-refractivity contribution >= 4 is 11.8 Å². The number of rotatable bonds is 6. The first kappa shape index (κ1) is 12.1. The maximum absolute atomic E-state index is 2.29. The Morgan fingerprint density at radius 3 is 2.25 bits per heavy atom. The zero-order valence-electron chi connectivity index (χ0n) is 8.84. The summed E-state index contributed by atoms with van der Waals surface area (Å²) in [6, 6.07) is 0. The molecule has 0 N–H and O–H groups in total. The molecule has 0 saturated carbocycles. The summed E-state index contributed by atoms with van der Waals surface area (Å²) in [5, 5.41) is 2.25. The van der Waals surface area contributed by atoms with Crippen LogP contribution >= 0.6 is 11.8 Å². The van der Waals surface area contributed by atoms with Gasteiger partial charge in [-0.15, -0.1) is 11.8 Å². The fraction of sp³-hybridized carbons (Fsp3) is 0.818. The molecule has 0 unspecified atom stereocenters. The molecule has 0 aromatic heterocycles. The molecule has 1 heteroatoms. The van der Waals surface area contributed by atoms with E-state index in [1.54, 1.807) is 0 Å². The highest BCUT2D eigenvalue weighted by atomic mass is 32.2. The predicted octanol–water partition coefficient (Wildman–Crippen LogP) is 4.33. The third-order valence-electron chi connectivity index (χ3n) is 1.61. The van der Waals surface area contributed by atoms with Crippen LogP contribution in [0, 0.1) is 11.8 Å². The lowest BCUT2D eigenvalue weighted by Crippen LogP contribution is -1.87. The van der Waals surface area contributed by atoms with Crippen LogP contribution in [-0.2, 0) is 0 Å². The van der Waals surface area contributed by atoms with Crippen LogP contribution in [0.2, 0.25) is 0 Å². The fourth-order valence-electron chi connectivity index (χ4n) is 0.768. The van der Waals surface area contributed by atoms with Crippen molar-refractivity contribution in [3.63, 3.8) is 0 Å². The van der Waals surface area contributed by atoms with Gasteiger partial charge in [-0.25, -0.2) is 0 Å². The molecule has 0 aromatic rings. The smallest absolute Gasteiger partial charge is 0.00236 e. The summed E-state index contributed by atoms with van der Waals surface area (Å²) < 4.78 is 0. The summed E-state index contributed by atoms with van der Waals surface area (Å²) in [4.78, 5) is 0. The number of hydrogen-bond acceptors (Lipinski definition) is 1. The SMILES string of the molecule is CC(C)C/C=C\SCCC(C)C. The summed E-state index contributed by atoms with van der Waals surface area (Å²) in [7, 11) is 0. The Kier molecular flexibility index (Phi) is 7.78. The molecule has 0 aliphatic rings. The van der Waals surface area contributed by atoms with Gasteiger partial charge in [0.25, 0.3) is 0 Å². The first-order valence-electron chi connectivity index (χ1n) is 4.89. The van der Waals surface area contributed by atoms with E-state index in [0.717, 1.165) is 11.8 Å². The molecule has 0 aliphatic heterocycles. The van der Waals surface area contributed by atoms with Gasteiger partial charge in [-0.1, -0.05) is 33.8 Å². The van der Waals surface area contributed by atoms with Crippen LogP contribution in [0.25, 0.3) is 0 Å². The molecule has 0 aliphatic carbocycles. The molecular weight excluding hydrogens is 164 g/mol. The molecule has 0 atom stereocenters. The molecule has 0 nitrogen and oxygen atoms in total. The Hall–Kier alpha value is 0.0900. The lowest BCUT2D eigenvalue weighted by Gasteiger charge is -2.00. The maximum Gasteiger partial charge on any atom is -0.00236 e. The van der Waals surface area contributed by atoms with E-state index in [9.17, 15) is 0 Å². The van der Waals surface area contributed by atoms with Crippen molar-refractivity contribution in [1.29, 1.82) is 0 Å². The molecular formula is C11H22S. The third kappa shape index (κ3) is 10.1. The van der Waals surface area contributed by atoms with Gasteiger partial charge in [-0.2, -0.15) is 0 Å². The van der Waals surface area contributed by atoms with Crippen molar-refractivity contribution in [1.82, 2.24) is 0 Å². The second kappa shape index (κ2) is 7.72. The predicted molar refractivity (Wildman–Crippen MR) is 60.5 cm³/mol. The quantitative estimate of drug-likeness (QED) is 0.556. The van der Waals surface area contributed by atoms with Gasteiger partial charge in [0.15, 0.2) is 0 Å². The van der Waals surface area contributed by atoms with Crippen LogP contribution in [0.1, 0.15) is 40.5 Å². The highest BCUT2D eigenvalue weighted by Crippen LogP contribution is 2.11. The third-order valence-corrected chi connectivity index (χ3v) is 2.47. The highest BCUT2D eigenvalue weighted by Gasteiger charge is 1.91. The second-order valence-corrected chi connectivity index (χ2v) is 5.07. The van der Waals surface area contributed by atoms with Gasteiger partial charge in [-0.05, 0) is 35.8 Å². The van der Waals surface area contributed by atoms with Crippen LogP contribution in [0.3, 0.4) is 0 Å². The van der Waals surface area contributed by atoms with E-state index in [1.807, 2.05) is 11.8 Å². The number of allylic oxidation sites excluding steroid dienone is 1. The molecule has 0 radical (unpaired) electrons. The minimum atomic E-state index is 0.798. The molecule has 0 spiro atoms. The molecule has 72 valence electrons. The summed E-state index contributed by atoms with van der Waals surface area (Å²) >= 11 is 1.94. The molecule has 0 heterocycles. The fourth-order valence-corrected chi connectivity index (χ4v) is 1.76. The Balaban J connectivity index is 3.13. The molecule has 0 amide bonds. The van der Waals surface area contributed by atoms with Crippen molar-refractivity contribution in [2.24, 2.45) is 11.8 Å². The van der Waals surface area contributed by atoms with Gasteiger partial charge in [0.1, 0.15) is 0 Å². The summed E-state index contributed by atoms with van der Waals surface area (Å²) in [5.41, 5.74) is 0. The minimum Gasteiger partial charge on any atom is -0.134 e. The van der Waals surface area contributed by atoms with Crippen molar-refractivity contribution in [2.45, 2.75) is 40.5 Å². The summed E-state index contributed by atoms with van der Waals surface area (Å²) in [6.45, 7) is 9.06. The highest BCUT2D eigenvalue weighted by molar-refractivity contribution is 8.02. The lowest BCUT2D eigenvalue weighted by atomic mass is 10.1. The standard InChI is InChI=1S/C11H22S/c1-10(2)6-5-8-12-9-7-11(3)4/h5,8,10-11H,6-7,9H2,1-4H3/b8-5-. The van der Waals surface area contributed by atoms with E-state index in [2.05, 4.69) is 39.2 Å². The van der Waals surface area contributed by atoms with E-state index in [1.165, 1.54) is 18.6 Å². The van der Waals surface area contributed by atoms with Crippen molar-refractivity contribution in [2.75, 3.05) is 5.75 Å². The topological polar surface area (TPSA) is 0 Å². The van der Waals surface area contributed by atoms with E-state index in [-0.39, 0.29) is 0 Å². The minimum absolute atomic E-state index is 0.798. The first-order valence-corrected chi connectivity index (χ1v) is 5.94. The van der Waals surface area contributed by atoms with E-state index >= 15 is 0 Å². The summed E-state index contributed by atoms with van der Waals surface area (Å²) in [6.07, 6.45) is 4.83. The van der Waals surface area contributed by atoms with Crippen LogP contribution < -0.4 is 0 Å². The van der Waals surface area contributed by atoms with Crippen LogP contribution in [0.4, 0.5) is 0 Å². The molecule has 0 bridgehead atoms. The van der Waals surface area contributed by atoms with E-state index in [4.69, 9.17) is 0 Å². The Bertz CT molecular complexity index is 114. The maximum atomic E-state index is 2.29. The normalized spacial score (nSPS) is 12.2. The van der Waals surface area contributed by atoms with Gasteiger partial charge in [0, 0.05) is 0 Å². The Morgan fingerprint density at radius 2 is 1.75 bits per heavy atom. The van der Waals surface area contributed by atoms with Crippen LogP contribution in [0.5, 0.6) is 0 Å². The van der Waals surface area contributed by atoms with Gasteiger partial charge >= 0.3 is 0 Å². The molecule has 0 rings (SSSR count). The first-order chi connectivity index (χ1) is 5.63. The zero-order chi connectivity index (χ0) is 9.40. The average molecular weight is 186 g/mol. The average Bonchev–Trinajstić information content (AvgIpc) is 1.95. The van der Waals surface area contributed by atoms with Gasteiger partial charge in [0.05, 0.1) is 0 Å². The molecule has 12 heavy (non-hydrogen) atoms. The van der Waals surface area contributed by atoms with Gasteiger partial charge in [0.2, 0.25) is 0 Å². The van der Waals surface area contributed by atoms with E-state index in [0.29, 0.717) is 0 Å².